The van der Waals surface area contributed by atoms with E-state index >= 15 is 0 Å². The topological polar surface area (TPSA) is 66.4 Å². The number of hydrogen-bond donors (Lipinski definition) is 2. The molecule has 0 atom stereocenters. The van der Waals surface area contributed by atoms with Crippen molar-refractivity contribution in [1.29, 1.82) is 0 Å². The van der Waals surface area contributed by atoms with E-state index in [4.69, 9.17) is 16.7 Å². The molecule has 1 aromatic rings. The van der Waals surface area contributed by atoms with Crippen molar-refractivity contribution in [3.63, 3.8) is 0 Å². The summed E-state index contributed by atoms with van der Waals surface area (Å²) in [4.78, 5) is -0.352. The average Bonchev–Trinajstić information content (AvgIpc) is 3.11. The quantitative estimate of drug-likeness (QED) is 0.882. The van der Waals surface area contributed by atoms with E-state index < -0.39 is 28.3 Å². The molecule has 1 saturated carbocycles. The fourth-order valence-corrected chi connectivity index (χ4v) is 4.10. The Kier molecular flexibility index (Phi) is 4.03. The van der Waals surface area contributed by atoms with Gasteiger partial charge in [0.15, 0.2) is 0 Å². The molecule has 0 radical (unpaired) electrons. The second-order valence-electron chi connectivity index (χ2n) is 5.03. The molecule has 1 aromatic carbocycles. The highest BCUT2D eigenvalue weighted by atomic mass is 35.5. The summed E-state index contributed by atoms with van der Waals surface area (Å²) in [5, 5.41) is 9.18. The minimum atomic E-state index is -4.65. The molecular formula is C12H13ClF3NO3S. The molecule has 0 saturated heterocycles. The molecule has 0 aromatic heterocycles. The number of hydrogen-bond acceptors (Lipinski definition) is 3. The second-order valence-corrected chi connectivity index (χ2v) is 7.12. The predicted molar refractivity (Wildman–Crippen MR) is 70.5 cm³/mol. The number of alkyl halides is 3. The van der Waals surface area contributed by atoms with Gasteiger partial charge in [-0.05, 0) is 43.0 Å². The Hall–Kier alpha value is -0.830. The Bertz CT molecular complexity index is 669. The molecular weight excluding hydrogens is 331 g/mol. The molecule has 1 aliphatic carbocycles. The van der Waals surface area contributed by atoms with Gasteiger partial charge in [-0.15, -0.1) is 0 Å². The summed E-state index contributed by atoms with van der Waals surface area (Å²) in [6, 6.07) is 2.44. The normalized spacial score (nSPS) is 17.8. The maximum Gasteiger partial charge on any atom is 0.407 e. The smallest absolute Gasteiger partial charge is 0.392 e. The molecule has 4 nitrogen and oxygen atoms in total. The summed E-state index contributed by atoms with van der Waals surface area (Å²) < 4.78 is 64.8. The molecule has 118 valence electrons. The molecule has 0 aliphatic heterocycles. The highest BCUT2D eigenvalue weighted by Crippen LogP contribution is 2.49. The molecule has 1 fully saturated rings. The number of aliphatic hydroxyl groups is 1. The third-order valence-corrected chi connectivity index (χ3v) is 5.40. The van der Waals surface area contributed by atoms with Crippen LogP contribution in [0.15, 0.2) is 17.0 Å². The van der Waals surface area contributed by atoms with Crippen LogP contribution in [0.5, 0.6) is 0 Å². The van der Waals surface area contributed by atoms with Crippen molar-refractivity contribution in [3.8, 4) is 0 Å². The van der Waals surface area contributed by atoms with E-state index in [-0.39, 0.29) is 33.9 Å². The minimum absolute atomic E-state index is 0.0295. The molecule has 0 amide bonds. The van der Waals surface area contributed by atoms with Crippen LogP contribution >= 0.6 is 11.6 Å². The van der Waals surface area contributed by atoms with Gasteiger partial charge in [-0.1, -0.05) is 11.6 Å². The van der Waals surface area contributed by atoms with Gasteiger partial charge in [0, 0.05) is 5.02 Å². The van der Waals surface area contributed by atoms with E-state index in [0.717, 1.165) is 6.07 Å². The number of rotatable bonds is 4. The van der Waals surface area contributed by atoms with Crippen LogP contribution in [0.4, 0.5) is 13.2 Å². The first-order chi connectivity index (χ1) is 9.52. The third kappa shape index (κ3) is 3.03. The Morgan fingerprint density at radius 1 is 1.38 bits per heavy atom. The van der Waals surface area contributed by atoms with Crippen molar-refractivity contribution >= 4 is 21.6 Å². The van der Waals surface area contributed by atoms with Crippen LogP contribution in [-0.4, -0.2) is 25.2 Å². The molecule has 9 heteroatoms. The fraction of sp³-hybridized carbons (Fsp3) is 0.500. The SMILES string of the molecule is Cc1c(CO)cc(Cl)cc1S(=O)(=O)NC1(C(F)(F)F)CC1. The molecule has 0 unspecified atom stereocenters. The van der Waals surface area contributed by atoms with Gasteiger partial charge >= 0.3 is 6.18 Å². The Morgan fingerprint density at radius 2 is 1.95 bits per heavy atom. The zero-order valence-electron chi connectivity index (χ0n) is 11.0. The maximum absolute atomic E-state index is 12.9. The summed E-state index contributed by atoms with van der Waals surface area (Å²) in [5.74, 6) is 0. The second kappa shape index (κ2) is 5.12. The molecule has 0 bridgehead atoms. The van der Waals surface area contributed by atoms with Crippen molar-refractivity contribution in [3.05, 3.63) is 28.3 Å². The Morgan fingerprint density at radius 3 is 2.38 bits per heavy atom. The largest absolute Gasteiger partial charge is 0.407 e. The first-order valence-electron chi connectivity index (χ1n) is 6.03. The standard InChI is InChI=1S/C12H13ClF3NO3S/c1-7-8(6-18)4-9(13)5-10(7)21(19,20)17-11(2-3-11)12(14,15)16/h4-5,17-18H,2-3,6H2,1H3. The highest BCUT2D eigenvalue weighted by Gasteiger charge is 2.65. The lowest BCUT2D eigenvalue weighted by molar-refractivity contribution is -0.160. The molecule has 2 rings (SSSR count). The van der Waals surface area contributed by atoms with Crippen LogP contribution in [0, 0.1) is 6.92 Å². The highest BCUT2D eigenvalue weighted by molar-refractivity contribution is 7.89. The lowest BCUT2D eigenvalue weighted by atomic mass is 10.1. The van der Waals surface area contributed by atoms with Crippen LogP contribution in [0.1, 0.15) is 24.0 Å². The van der Waals surface area contributed by atoms with Gasteiger partial charge in [-0.2, -0.15) is 17.9 Å². The van der Waals surface area contributed by atoms with Crippen molar-refractivity contribution in [2.75, 3.05) is 0 Å². The molecule has 0 heterocycles. The summed E-state index contributed by atoms with van der Waals surface area (Å²) in [6.45, 7) is 0.947. The van der Waals surface area contributed by atoms with Gasteiger partial charge in [0.25, 0.3) is 0 Å². The number of benzene rings is 1. The third-order valence-electron chi connectivity index (χ3n) is 3.51. The number of nitrogens with one attached hydrogen (secondary N) is 1. The minimum Gasteiger partial charge on any atom is -0.392 e. The van der Waals surface area contributed by atoms with Crippen molar-refractivity contribution in [2.24, 2.45) is 0 Å². The van der Waals surface area contributed by atoms with E-state index in [0.29, 0.717) is 0 Å². The van der Waals surface area contributed by atoms with Crippen LogP contribution in [0.3, 0.4) is 0 Å². The number of halogens is 4. The number of sulfonamides is 1. The van der Waals surface area contributed by atoms with Gasteiger partial charge in [0.05, 0.1) is 11.5 Å². The average molecular weight is 344 g/mol. The lowest BCUT2D eigenvalue weighted by Gasteiger charge is -2.21. The predicted octanol–water partition coefficient (Wildman–Crippen LogP) is 2.51. The maximum atomic E-state index is 12.9. The molecule has 2 N–H and O–H groups in total. The first kappa shape index (κ1) is 16.5. The van der Waals surface area contributed by atoms with Gasteiger partial charge < -0.3 is 5.11 Å². The van der Waals surface area contributed by atoms with E-state index in [1.165, 1.54) is 13.0 Å². The van der Waals surface area contributed by atoms with Crippen LogP contribution in [0.25, 0.3) is 0 Å². The van der Waals surface area contributed by atoms with Gasteiger partial charge in [0.2, 0.25) is 10.0 Å². The molecule has 0 spiro atoms. The molecule has 21 heavy (non-hydrogen) atoms. The fourth-order valence-electron chi connectivity index (χ4n) is 2.03. The van der Waals surface area contributed by atoms with Crippen molar-refractivity contribution < 1.29 is 26.7 Å². The van der Waals surface area contributed by atoms with E-state index in [1.807, 2.05) is 0 Å². The van der Waals surface area contributed by atoms with Crippen molar-refractivity contribution in [1.82, 2.24) is 4.72 Å². The monoisotopic (exact) mass is 343 g/mol. The lowest BCUT2D eigenvalue weighted by Crippen LogP contribution is -2.47. The Labute approximate surface area is 125 Å². The van der Waals surface area contributed by atoms with E-state index in [2.05, 4.69) is 0 Å². The summed E-state index contributed by atoms with van der Waals surface area (Å²) >= 11 is 5.76. The number of aliphatic hydroxyl groups excluding tert-OH is 1. The summed E-state index contributed by atoms with van der Waals surface area (Å²) in [6.07, 6.45) is -5.23. The van der Waals surface area contributed by atoms with Gasteiger partial charge in [-0.25, -0.2) is 8.42 Å². The zero-order valence-corrected chi connectivity index (χ0v) is 12.5. The Balaban J connectivity index is 2.44. The van der Waals surface area contributed by atoms with Crippen LogP contribution in [-0.2, 0) is 16.6 Å². The first-order valence-corrected chi connectivity index (χ1v) is 7.89. The van der Waals surface area contributed by atoms with Gasteiger partial charge in [0.1, 0.15) is 5.54 Å². The van der Waals surface area contributed by atoms with Crippen molar-refractivity contribution in [2.45, 2.75) is 43.0 Å². The molecule has 1 aliphatic rings. The van der Waals surface area contributed by atoms with Crippen LogP contribution in [0.2, 0.25) is 5.02 Å². The zero-order chi connectivity index (χ0) is 16.1. The summed E-state index contributed by atoms with van der Waals surface area (Å²) in [5.41, 5.74) is -1.97. The van der Waals surface area contributed by atoms with Crippen LogP contribution < -0.4 is 4.72 Å². The van der Waals surface area contributed by atoms with E-state index in [1.54, 1.807) is 4.72 Å². The van der Waals surface area contributed by atoms with E-state index in [9.17, 15) is 21.6 Å². The summed E-state index contributed by atoms with van der Waals surface area (Å²) in [7, 11) is -4.39. The van der Waals surface area contributed by atoms with Gasteiger partial charge in [-0.3, -0.25) is 0 Å².